The number of rotatable bonds is 3. The number of carbonyl (C=O) groups excluding carboxylic acids is 2. The van der Waals surface area contributed by atoms with E-state index in [2.05, 4.69) is 17.0 Å². The molecule has 0 unspecified atom stereocenters. The van der Waals surface area contributed by atoms with Gasteiger partial charge in [-0.2, -0.15) is 0 Å². The number of amides is 2. The van der Waals surface area contributed by atoms with Crippen molar-refractivity contribution in [3.63, 3.8) is 0 Å². The summed E-state index contributed by atoms with van der Waals surface area (Å²) in [6.45, 7) is 2.21. The van der Waals surface area contributed by atoms with Gasteiger partial charge in [0.05, 0.1) is 10.6 Å². The Labute approximate surface area is 151 Å². The van der Waals surface area contributed by atoms with E-state index in [1.54, 1.807) is 18.2 Å². The van der Waals surface area contributed by atoms with Crippen molar-refractivity contribution < 1.29 is 9.59 Å². The first-order valence-electron chi connectivity index (χ1n) is 8.40. The van der Waals surface area contributed by atoms with Crippen LogP contribution in [0.2, 0.25) is 0 Å². The highest BCUT2D eigenvalue weighted by Crippen LogP contribution is 2.35. The number of hydrogen-bond acceptors (Lipinski definition) is 4. The number of anilines is 2. The highest BCUT2D eigenvalue weighted by atomic mass is 32.2. The van der Waals surface area contributed by atoms with E-state index in [0.29, 0.717) is 10.6 Å². The van der Waals surface area contributed by atoms with E-state index in [1.165, 1.54) is 23.4 Å². The van der Waals surface area contributed by atoms with Crippen LogP contribution in [0.25, 0.3) is 6.08 Å². The molecule has 2 aromatic carbocycles. The van der Waals surface area contributed by atoms with E-state index in [1.807, 2.05) is 30.3 Å². The van der Waals surface area contributed by atoms with Crippen LogP contribution >= 0.6 is 11.8 Å². The lowest BCUT2D eigenvalue weighted by molar-refractivity contribution is -0.113. The molecular weight excluding hydrogens is 332 g/mol. The minimum Gasteiger partial charge on any atom is -0.372 e. The third-order valence-corrected chi connectivity index (χ3v) is 5.34. The van der Waals surface area contributed by atoms with Gasteiger partial charge in [-0.25, -0.2) is 4.90 Å². The van der Waals surface area contributed by atoms with Crippen molar-refractivity contribution >= 4 is 40.4 Å². The topological polar surface area (TPSA) is 40.6 Å². The Morgan fingerprint density at radius 2 is 1.52 bits per heavy atom. The van der Waals surface area contributed by atoms with Gasteiger partial charge >= 0.3 is 0 Å². The maximum absolute atomic E-state index is 12.6. The van der Waals surface area contributed by atoms with E-state index >= 15 is 0 Å². The van der Waals surface area contributed by atoms with Crippen LogP contribution in [-0.2, 0) is 4.79 Å². The van der Waals surface area contributed by atoms with Crippen molar-refractivity contribution in [2.24, 2.45) is 0 Å². The first kappa shape index (κ1) is 16.0. The van der Waals surface area contributed by atoms with Crippen LogP contribution in [0.15, 0.2) is 59.5 Å². The van der Waals surface area contributed by atoms with Gasteiger partial charge in [0, 0.05) is 18.8 Å². The van der Waals surface area contributed by atoms with Gasteiger partial charge in [0.15, 0.2) is 0 Å². The smallest absolute Gasteiger partial charge is 0.298 e. The molecule has 25 heavy (non-hydrogen) atoms. The van der Waals surface area contributed by atoms with Gasteiger partial charge in [-0.05, 0) is 60.5 Å². The first-order valence-corrected chi connectivity index (χ1v) is 9.22. The minimum atomic E-state index is -0.259. The second-order valence-corrected chi connectivity index (χ2v) is 7.13. The predicted molar refractivity (Wildman–Crippen MR) is 103 cm³/mol. The summed E-state index contributed by atoms with van der Waals surface area (Å²) in [7, 11) is 0. The van der Waals surface area contributed by atoms with Crippen molar-refractivity contribution in [2.75, 3.05) is 22.9 Å². The molecule has 0 aliphatic carbocycles. The molecule has 2 heterocycles. The quantitative estimate of drug-likeness (QED) is 0.763. The Hall–Kier alpha value is -2.53. The van der Waals surface area contributed by atoms with E-state index in [4.69, 9.17) is 0 Å². The molecule has 0 aromatic heterocycles. The number of thioether (sulfide) groups is 1. The zero-order valence-electron chi connectivity index (χ0n) is 13.7. The van der Waals surface area contributed by atoms with Crippen molar-refractivity contribution in [3.8, 4) is 0 Å². The molecule has 0 saturated carbocycles. The molecule has 0 N–H and O–H groups in total. The van der Waals surface area contributed by atoms with Crippen LogP contribution in [0.5, 0.6) is 0 Å². The van der Waals surface area contributed by atoms with Crippen molar-refractivity contribution in [1.82, 2.24) is 0 Å². The molecule has 2 amide bonds. The second kappa shape index (κ2) is 6.76. The lowest BCUT2D eigenvalue weighted by atomic mass is 10.1. The average Bonchev–Trinajstić information content (AvgIpc) is 3.26. The molecule has 2 fully saturated rings. The molecule has 4 rings (SSSR count). The lowest BCUT2D eigenvalue weighted by Crippen LogP contribution is -2.27. The average molecular weight is 350 g/mol. The Morgan fingerprint density at radius 1 is 0.840 bits per heavy atom. The summed E-state index contributed by atoms with van der Waals surface area (Å²) >= 11 is 0.989. The van der Waals surface area contributed by atoms with Crippen LogP contribution in [0.3, 0.4) is 0 Å². The lowest BCUT2D eigenvalue weighted by Gasteiger charge is -2.17. The Kier molecular flexibility index (Phi) is 4.32. The zero-order chi connectivity index (χ0) is 17.2. The molecule has 4 nitrogen and oxygen atoms in total. The van der Waals surface area contributed by atoms with Crippen molar-refractivity contribution in [1.29, 1.82) is 0 Å². The van der Waals surface area contributed by atoms with E-state index in [-0.39, 0.29) is 11.1 Å². The summed E-state index contributed by atoms with van der Waals surface area (Å²) in [6.07, 6.45) is 4.28. The molecule has 0 radical (unpaired) electrons. The van der Waals surface area contributed by atoms with Gasteiger partial charge in [-0.1, -0.05) is 30.3 Å². The fourth-order valence-electron chi connectivity index (χ4n) is 3.18. The Morgan fingerprint density at radius 3 is 2.20 bits per heavy atom. The minimum absolute atomic E-state index is 0.254. The van der Waals surface area contributed by atoms with Crippen LogP contribution in [-0.4, -0.2) is 24.2 Å². The maximum Gasteiger partial charge on any atom is 0.298 e. The highest BCUT2D eigenvalue weighted by molar-refractivity contribution is 8.19. The molecule has 5 heteroatoms. The highest BCUT2D eigenvalue weighted by Gasteiger charge is 2.36. The fourth-order valence-corrected chi connectivity index (χ4v) is 4.02. The van der Waals surface area contributed by atoms with Gasteiger partial charge < -0.3 is 4.90 Å². The van der Waals surface area contributed by atoms with Gasteiger partial charge in [0.25, 0.3) is 11.1 Å². The predicted octanol–water partition coefficient (Wildman–Crippen LogP) is 4.53. The Bertz CT molecular complexity index is 825. The molecule has 0 atom stereocenters. The number of benzene rings is 2. The maximum atomic E-state index is 12.6. The number of hydrogen-bond donors (Lipinski definition) is 0. The number of nitrogens with zero attached hydrogens (tertiary/aromatic N) is 2. The first-order chi connectivity index (χ1) is 12.2. The molecule has 2 aliphatic heterocycles. The van der Waals surface area contributed by atoms with E-state index in [9.17, 15) is 9.59 Å². The van der Waals surface area contributed by atoms with Crippen LogP contribution in [0, 0.1) is 0 Å². The summed E-state index contributed by atoms with van der Waals surface area (Å²) in [5.41, 5.74) is 2.76. The number of para-hydroxylation sites is 1. The largest absolute Gasteiger partial charge is 0.372 e. The molecule has 2 saturated heterocycles. The molecule has 2 aliphatic rings. The van der Waals surface area contributed by atoms with E-state index in [0.717, 1.165) is 30.4 Å². The normalized spacial score (nSPS) is 19.3. The van der Waals surface area contributed by atoms with Crippen LogP contribution < -0.4 is 9.80 Å². The summed E-state index contributed by atoms with van der Waals surface area (Å²) in [5, 5.41) is -0.254. The SMILES string of the molecule is O=C1S/C(=C\c2ccc(N3CCCC3)cc2)C(=O)N1c1ccccc1. The Balaban J connectivity index is 1.55. The van der Waals surface area contributed by atoms with E-state index < -0.39 is 0 Å². The summed E-state index contributed by atoms with van der Waals surface area (Å²) in [6, 6.07) is 17.2. The molecule has 0 spiro atoms. The molecule has 2 aromatic rings. The fraction of sp³-hybridized carbons (Fsp3) is 0.200. The molecule has 0 bridgehead atoms. The van der Waals surface area contributed by atoms with Gasteiger partial charge in [0.1, 0.15) is 0 Å². The third kappa shape index (κ3) is 3.20. The van der Waals surface area contributed by atoms with Gasteiger partial charge in [-0.3, -0.25) is 9.59 Å². The standard InChI is InChI=1S/C20H18N2O2S/c23-19-18(25-20(24)22(19)17-6-2-1-3-7-17)14-15-8-10-16(11-9-15)21-12-4-5-13-21/h1-3,6-11,14H,4-5,12-13H2/b18-14-. The number of imide groups is 1. The summed E-state index contributed by atoms with van der Waals surface area (Å²) < 4.78 is 0. The van der Waals surface area contributed by atoms with Gasteiger partial charge in [0.2, 0.25) is 0 Å². The molecule has 126 valence electrons. The van der Waals surface area contributed by atoms with Crippen LogP contribution in [0.1, 0.15) is 18.4 Å². The van der Waals surface area contributed by atoms with Crippen molar-refractivity contribution in [2.45, 2.75) is 12.8 Å². The zero-order valence-corrected chi connectivity index (χ0v) is 14.5. The summed E-state index contributed by atoms with van der Waals surface area (Å²) in [5.74, 6) is -0.259. The third-order valence-electron chi connectivity index (χ3n) is 4.47. The number of carbonyl (C=O) groups is 2. The van der Waals surface area contributed by atoms with Crippen molar-refractivity contribution in [3.05, 3.63) is 65.1 Å². The molecular formula is C20H18N2O2S. The monoisotopic (exact) mass is 350 g/mol. The van der Waals surface area contributed by atoms with Gasteiger partial charge in [-0.15, -0.1) is 0 Å². The second-order valence-electron chi connectivity index (χ2n) is 6.14. The summed E-state index contributed by atoms with van der Waals surface area (Å²) in [4.78, 5) is 28.9. The van der Waals surface area contributed by atoms with Crippen LogP contribution in [0.4, 0.5) is 16.2 Å².